The Hall–Kier alpha value is -3.18. The number of hydrogen-bond acceptors (Lipinski definition) is 7. The van der Waals surface area contributed by atoms with E-state index in [1.54, 1.807) is 6.20 Å². The molecule has 3 aromatic heterocycles. The molecule has 0 aliphatic heterocycles. The Kier molecular flexibility index (Phi) is 9.72. The molecule has 0 aromatic carbocycles. The van der Waals surface area contributed by atoms with Crippen molar-refractivity contribution in [3.8, 4) is 11.4 Å². The van der Waals surface area contributed by atoms with Crippen molar-refractivity contribution in [2.24, 2.45) is 0 Å². The average Bonchev–Trinajstić information content (AvgIpc) is 3.30. The van der Waals surface area contributed by atoms with Crippen LogP contribution in [0, 0.1) is 11.6 Å². The average molecular weight is 517 g/mol. The molecule has 1 amide bonds. The largest absolute Gasteiger partial charge is 0.379 e. The first-order valence-electron chi connectivity index (χ1n) is 12.9. The molecule has 0 spiro atoms. The van der Waals surface area contributed by atoms with E-state index in [4.69, 9.17) is 9.47 Å². The molecular formula is C26H34F2N6O3. The molecule has 1 aliphatic carbocycles. The van der Waals surface area contributed by atoms with Gasteiger partial charge in [-0.1, -0.05) is 19.8 Å². The zero-order valence-corrected chi connectivity index (χ0v) is 21.1. The number of aromatic nitrogens is 4. The fraction of sp³-hybridized carbons (Fsp3) is 0.538. The summed E-state index contributed by atoms with van der Waals surface area (Å²) in [5, 5.41) is 6.70. The molecule has 0 saturated heterocycles. The zero-order chi connectivity index (χ0) is 26.0. The number of amides is 1. The number of nitrogens with one attached hydrogen (secondary N) is 3. The maximum atomic E-state index is 14.6. The number of anilines is 1. The Bertz CT molecular complexity index is 1170. The smallest absolute Gasteiger partial charge is 0.246 e. The number of pyridine rings is 1. The third-order valence-electron chi connectivity index (χ3n) is 6.36. The third kappa shape index (κ3) is 7.65. The summed E-state index contributed by atoms with van der Waals surface area (Å²) in [5.74, 6) is -0.903. The van der Waals surface area contributed by atoms with Crippen LogP contribution in [-0.4, -0.2) is 64.4 Å². The van der Waals surface area contributed by atoms with Crippen LogP contribution in [0.25, 0.3) is 22.4 Å². The van der Waals surface area contributed by atoms with E-state index in [1.807, 2.05) is 0 Å². The van der Waals surface area contributed by atoms with Gasteiger partial charge in [-0.15, -0.1) is 0 Å². The second-order valence-electron chi connectivity index (χ2n) is 9.29. The van der Waals surface area contributed by atoms with Crippen LogP contribution in [0.1, 0.15) is 51.9 Å². The maximum Gasteiger partial charge on any atom is 0.246 e. The minimum absolute atomic E-state index is 0.0170. The second kappa shape index (κ2) is 13.4. The summed E-state index contributed by atoms with van der Waals surface area (Å²) in [6.07, 6.45) is 10.4. The van der Waals surface area contributed by atoms with Gasteiger partial charge in [-0.25, -0.2) is 23.7 Å². The molecular weight excluding hydrogens is 482 g/mol. The lowest BCUT2D eigenvalue weighted by Crippen LogP contribution is -2.43. The van der Waals surface area contributed by atoms with E-state index in [0.29, 0.717) is 42.8 Å². The molecule has 2 atom stereocenters. The fourth-order valence-corrected chi connectivity index (χ4v) is 4.51. The van der Waals surface area contributed by atoms with Crippen molar-refractivity contribution < 1.29 is 23.0 Å². The van der Waals surface area contributed by atoms with Crippen molar-refractivity contribution in [3.63, 3.8) is 0 Å². The van der Waals surface area contributed by atoms with Crippen molar-refractivity contribution in [2.75, 3.05) is 31.7 Å². The third-order valence-corrected chi connectivity index (χ3v) is 6.36. The first kappa shape index (κ1) is 26.9. The lowest BCUT2D eigenvalue weighted by atomic mass is 9.91. The fourth-order valence-electron chi connectivity index (χ4n) is 4.51. The molecule has 1 aliphatic rings. The van der Waals surface area contributed by atoms with Gasteiger partial charge in [0.1, 0.15) is 18.1 Å². The summed E-state index contributed by atoms with van der Waals surface area (Å²) in [6, 6.07) is 1.22. The number of rotatable bonds is 13. The van der Waals surface area contributed by atoms with Gasteiger partial charge in [0.25, 0.3) is 0 Å². The van der Waals surface area contributed by atoms with Crippen LogP contribution in [0.15, 0.2) is 24.7 Å². The van der Waals surface area contributed by atoms with Gasteiger partial charge in [0, 0.05) is 35.8 Å². The van der Waals surface area contributed by atoms with Crippen LogP contribution >= 0.6 is 0 Å². The highest BCUT2D eigenvalue weighted by Gasteiger charge is 2.25. The van der Waals surface area contributed by atoms with Crippen LogP contribution in [0.4, 0.5) is 14.6 Å². The normalized spacial score (nSPS) is 17.7. The highest BCUT2D eigenvalue weighted by molar-refractivity contribution is 5.91. The van der Waals surface area contributed by atoms with Crippen LogP contribution in [-0.2, 0) is 14.3 Å². The number of carbonyl (C=O) groups excluding carboxylic acids is 1. The molecule has 11 heteroatoms. The van der Waals surface area contributed by atoms with Crippen LogP contribution in [0.5, 0.6) is 0 Å². The van der Waals surface area contributed by atoms with E-state index in [2.05, 4.69) is 37.5 Å². The number of unbranched alkanes of at least 4 members (excludes halogenated alkanes) is 2. The van der Waals surface area contributed by atoms with Gasteiger partial charge in [0.2, 0.25) is 5.91 Å². The van der Waals surface area contributed by atoms with Crippen molar-refractivity contribution in [2.45, 2.75) is 64.0 Å². The molecule has 3 heterocycles. The van der Waals surface area contributed by atoms with Gasteiger partial charge in [-0.05, 0) is 38.2 Å². The minimum atomic E-state index is -0.579. The number of ether oxygens (including phenoxy) is 2. The van der Waals surface area contributed by atoms with Gasteiger partial charge >= 0.3 is 0 Å². The van der Waals surface area contributed by atoms with E-state index in [9.17, 15) is 13.6 Å². The van der Waals surface area contributed by atoms with Crippen molar-refractivity contribution in [1.29, 1.82) is 0 Å². The molecule has 200 valence electrons. The second-order valence-corrected chi connectivity index (χ2v) is 9.29. The number of nitrogens with zero attached hydrogens (tertiary/aromatic N) is 3. The Morgan fingerprint density at radius 1 is 1.11 bits per heavy atom. The number of fused-ring (bicyclic) bond motifs is 1. The van der Waals surface area contributed by atoms with Crippen LogP contribution in [0.3, 0.4) is 0 Å². The lowest BCUT2D eigenvalue weighted by molar-refractivity contribution is -0.127. The summed E-state index contributed by atoms with van der Waals surface area (Å²) in [7, 11) is 0. The number of carbonyl (C=O) groups is 1. The molecule has 1 fully saturated rings. The molecule has 4 rings (SSSR count). The van der Waals surface area contributed by atoms with Gasteiger partial charge < -0.3 is 25.1 Å². The van der Waals surface area contributed by atoms with E-state index in [-0.39, 0.29) is 36.2 Å². The minimum Gasteiger partial charge on any atom is -0.379 e. The molecule has 3 aromatic rings. The predicted molar refractivity (Wildman–Crippen MR) is 136 cm³/mol. The van der Waals surface area contributed by atoms with Gasteiger partial charge in [0.05, 0.1) is 25.6 Å². The first-order chi connectivity index (χ1) is 18.0. The quantitative estimate of drug-likeness (QED) is 0.289. The molecule has 0 bridgehead atoms. The Morgan fingerprint density at radius 3 is 2.81 bits per heavy atom. The monoisotopic (exact) mass is 516 g/mol. The number of aromatic amines is 1. The molecule has 3 N–H and O–H groups in total. The van der Waals surface area contributed by atoms with E-state index in [1.165, 1.54) is 6.07 Å². The van der Waals surface area contributed by atoms with Gasteiger partial charge in [0.15, 0.2) is 17.5 Å². The Balaban J connectivity index is 1.27. The summed E-state index contributed by atoms with van der Waals surface area (Å²) in [6.45, 7) is 3.69. The SMILES string of the molecule is CCCCCOCCOCC(=O)N[C@@H]1CCC[C@H](Nc2nc(-c3c[nH]c4ncc(F)cc34)ncc2F)C1. The molecule has 9 nitrogen and oxygen atoms in total. The summed E-state index contributed by atoms with van der Waals surface area (Å²) >= 11 is 0. The van der Waals surface area contributed by atoms with Crippen molar-refractivity contribution >= 4 is 22.8 Å². The van der Waals surface area contributed by atoms with E-state index >= 15 is 0 Å². The molecule has 0 unspecified atom stereocenters. The zero-order valence-electron chi connectivity index (χ0n) is 21.1. The molecule has 1 saturated carbocycles. The van der Waals surface area contributed by atoms with Crippen LogP contribution in [0.2, 0.25) is 0 Å². The van der Waals surface area contributed by atoms with Crippen molar-refractivity contribution in [3.05, 3.63) is 36.3 Å². The van der Waals surface area contributed by atoms with Crippen molar-refractivity contribution in [1.82, 2.24) is 25.3 Å². The highest BCUT2D eigenvalue weighted by Crippen LogP contribution is 2.28. The summed E-state index contributed by atoms with van der Waals surface area (Å²) in [5.41, 5.74) is 1.03. The number of halogens is 2. The maximum absolute atomic E-state index is 14.6. The van der Waals surface area contributed by atoms with Gasteiger partial charge in [-0.2, -0.15) is 0 Å². The topological polar surface area (TPSA) is 114 Å². The molecule has 0 radical (unpaired) electrons. The van der Waals surface area contributed by atoms with Gasteiger partial charge in [-0.3, -0.25) is 4.79 Å². The molecule has 37 heavy (non-hydrogen) atoms. The number of hydrogen-bond donors (Lipinski definition) is 3. The summed E-state index contributed by atoms with van der Waals surface area (Å²) < 4.78 is 39.2. The number of H-pyrrole nitrogens is 1. The van der Waals surface area contributed by atoms with E-state index in [0.717, 1.165) is 50.9 Å². The Labute approximate surface area is 214 Å². The predicted octanol–water partition coefficient (Wildman–Crippen LogP) is 4.36. The Morgan fingerprint density at radius 2 is 1.95 bits per heavy atom. The lowest BCUT2D eigenvalue weighted by Gasteiger charge is -2.30. The standard InChI is InChI=1S/C26H34F2N6O3/c1-2-3-4-8-36-9-10-37-16-23(35)32-18-6-5-7-19(12-18)33-26-22(28)15-31-25(34-26)21-14-30-24-20(21)11-17(27)13-29-24/h11,13-15,18-19H,2-10,12,16H2,1H3,(H,29,30)(H,32,35)(H,31,33,34)/t18-,19+/m1/s1. The highest BCUT2D eigenvalue weighted by atomic mass is 19.1. The summed E-state index contributed by atoms with van der Waals surface area (Å²) in [4.78, 5) is 27.7. The first-order valence-corrected chi connectivity index (χ1v) is 12.9. The van der Waals surface area contributed by atoms with E-state index < -0.39 is 11.6 Å². The van der Waals surface area contributed by atoms with Crippen LogP contribution < -0.4 is 10.6 Å².